The molecule has 7 heteroatoms. The Bertz CT molecular complexity index is 363. The lowest BCUT2D eigenvalue weighted by Gasteiger charge is -2.38. The zero-order valence-corrected chi connectivity index (χ0v) is 9.30. The van der Waals surface area contributed by atoms with Gasteiger partial charge in [0.15, 0.2) is 0 Å². The van der Waals surface area contributed by atoms with Gasteiger partial charge >= 0.3 is 6.18 Å². The van der Waals surface area contributed by atoms with Gasteiger partial charge in [-0.3, -0.25) is 9.59 Å². The Labute approximate surface area is 96.1 Å². The van der Waals surface area contributed by atoms with Crippen molar-refractivity contribution in [3.05, 3.63) is 0 Å². The summed E-state index contributed by atoms with van der Waals surface area (Å²) in [5.41, 5.74) is -2.09. The monoisotopic (exact) mass is 250 g/mol. The van der Waals surface area contributed by atoms with Gasteiger partial charge in [0.2, 0.25) is 11.8 Å². The Morgan fingerprint density at radius 3 is 2.41 bits per heavy atom. The molecule has 2 rings (SSSR count). The molecular formula is C10H13F3N2O2. The van der Waals surface area contributed by atoms with Crippen LogP contribution in [0.2, 0.25) is 0 Å². The molecule has 1 aliphatic carbocycles. The number of nitrogens with zero attached hydrogens (tertiary/aromatic N) is 1. The summed E-state index contributed by atoms with van der Waals surface area (Å²) in [6, 6.07) is -0.823. The van der Waals surface area contributed by atoms with Crippen molar-refractivity contribution in [1.29, 1.82) is 0 Å². The third kappa shape index (κ3) is 1.77. The largest absolute Gasteiger partial charge is 0.411 e. The maximum absolute atomic E-state index is 12.9. The third-order valence-electron chi connectivity index (χ3n) is 3.38. The lowest BCUT2D eigenvalue weighted by molar-refractivity contribution is -0.203. The molecule has 1 aliphatic heterocycles. The average Bonchev–Trinajstić information content (AvgIpc) is 3.00. The van der Waals surface area contributed by atoms with Crippen LogP contribution in [-0.4, -0.2) is 41.0 Å². The lowest BCUT2D eigenvalue weighted by atomic mass is 10.1. The average molecular weight is 250 g/mol. The summed E-state index contributed by atoms with van der Waals surface area (Å²) in [7, 11) is 0. The van der Waals surface area contributed by atoms with Gasteiger partial charge in [0.05, 0.1) is 0 Å². The van der Waals surface area contributed by atoms with Crippen LogP contribution in [0.15, 0.2) is 0 Å². The van der Waals surface area contributed by atoms with Crippen molar-refractivity contribution < 1.29 is 22.8 Å². The highest BCUT2D eigenvalue weighted by molar-refractivity contribution is 5.95. The highest BCUT2D eigenvalue weighted by atomic mass is 19.4. The van der Waals surface area contributed by atoms with Crippen LogP contribution in [0.25, 0.3) is 0 Å². The fourth-order valence-electron chi connectivity index (χ4n) is 2.18. The molecule has 1 heterocycles. The summed E-state index contributed by atoms with van der Waals surface area (Å²) in [6.45, 7) is 1.16. The van der Waals surface area contributed by atoms with Crippen LogP contribution in [0, 0.1) is 0 Å². The van der Waals surface area contributed by atoms with Crippen LogP contribution in [0.1, 0.15) is 26.2 Å². The molecule has 0 aromatic rings. The van der Waals surface area contributed by atoms with E-state index in [1.807, 2.05) is 0 Å². The Morgan fingerprint density at radius 1 is 1.41 bits per heavy atom. The van der Waals surface area contributed by atoms with Gasteiger partial charge in [-0.1, -0.05) is 6.92 Å². The van der Waals surface area contributed by atoms with E-state index in [1.165, 1.54) is 0 Å². The van der Waals surface area contributed by atoms with Crippen molar-refractivity contribution in [3.8, 4) is 0 Å². The number of hydrogen-bond donors (Lipinski definition) is 1. The maximum atomic E-state index is 12.9. The first-order valence-corrected chi connectivity index (χ1v) is 5.49. The number of hydrogen-bond acceptors (Lipinski definition) is 2. The first-order chi connectivity index (χ1) is 7.82. The van der Waals surface area contributed by atoms with Gasteiger partial charge < -0.3 is 10.2 Å². The number of carbonyl (C=O) groups is 2. The smallest absolute Gasteiger partial charge is 0.343 e. The summed E-state index contributed by atoms with van der Waals surface area (Å²) < 4.78 is 38.7. The van der Waals surface area contributed by atoms with Gasteiger partial charge in [0, 0.05) is 0 Å². The molecule has 1 N–H and O–H groups in total. The first kappa shape index (κ1) is 12.2. The SMILES string of the molecule is CCC1NC(=O)CN(C2(C(F)(F)F)CC2)C1=O. The highest BCUT2D eigenvalue weighted by Crippen LogP contribution is 2.54. The standard InChI is InChI=1S/C10H13F3N2O2/c1-2-6-8(17)15(5-7(16)14-6)9(3-4-9)10(11,12)13/h6H,2-5H2,1H3,(H,14,16). The van der Waals surface area contributed by atoms with Gasteiger partial charge in [0.25, 0.3) is 0 Å². The minimum absolute atomic E-state index is 0.105. The van der Waals surface area contributed by atoms with Crippen molar-refractivity contribution in [2.45, 2.75) is 43.9 Å². The molecule has 1 unspecified atom stereocenters. The normalized spacial score (nSPS) is 28.0. The van der Waals surface area contributed by atoms with E-state index in [1.54, 1.807) is 6.92 Å². The summed E-state index contributed by atoms with van der Waals surface area (Å²) in [5, 5.41) is 2.40. The van der Waals surface area contributed by atoms with Gasteiger partial charge in [-0.25, -0.2) is 0 Å². The second-order valence-corrected chi connectivity index (χ2v) is 4.48. The van der Waals surface area contributed by atoms with Crippen LogP contribution < -0.4 is 5.32 Å². The van der Waals surface area contributed by atoms with Crippen molar-refractivity contribution in [1.82, 2.24) is 10.2 Å². The molecule has 0 radical (unpaired) electrons. The Morgan fingerprint density at radius 2 is 2.00 bits per heavy atom. The van der Waals surface area contributed by atoms with Crippen LogP contribution >= 0.6 is 0 Å². The van der Waals surface area contributed by atoms with Crippen molar-refractivity contribution in [2.24, 2.45) is 0 Å². The second kappa shape index (κ2) is 3.61. The van der Waals surface area contributed by atoms with Crippen LogP contribution in [0.3, 0.4) is 0 Å². The van der Waals surface area contributed by atoms with E-state index in [0.717, 1.165) is 0 Å². The number of carbonyl (C=O) groups excluding carboxylic acids is 2. The number of alkyl halides is 3. The fourth-order valence-corrected chi connectivity index (χ4v) is 2.18. The quantitative estimate of drug-likeness (QED) is 0.788. The van der Waals surface area contributed by atoms with Crippen LogP contribution in [0.4, 0.5) is 13.2 Å². The number of amides is 2. The van der Waals surface area contributed by atoms with Crippen molar-refractivity contribution in [2.75, 3.05) is 6.54 Å². The molecule has 0 aromatic heterocycles. The minimum atomic E-state index is -4.46. The van der Waals surface area contributed by atoms with E-state index in [4.69, 9.17) is 0 Å². The maximum Gasteiger partial charge on any atom is 0.411 e. The summed E-state index contributed by atoms with van der Waals surface area (Å²) in [6.07, 6.45) is -4.37. The molecule has 2 fully saturated rings. The topological polar surface area (TPSA) is 49.4 Å². The van der Waals surface area contributed by atoms with Crippen molar-refractivity contribution in [3.63, 3.8) is 0 Å². The van der Waals surface area contributed by atoms with Crippen LogP contribution in [-0.2, 0) is 9.59 Å². The number of rotatable bonds is 2. The molecule has 1 atom stereocenters. The van der Waals surface area contributed by atoms with Crippen LogP contribution in [0.5, 0.6) is 0 Å². The van der Waals surface area contributed by atoms with E-state index >= 15 is 0 Å². The first-order valence-electron chi connectivity index (χ1n) is 5.49. The molecule has 1 saturated carbocycles. The molecule has 1 saturated heterocycles. The third-order valence-corrected chi connectivity index (χ3v) is 3.38. The molecule has 17 heavy (non-hydrogen) atoms. The molecule has 96 valence electrons. The molecule has 2 amide bonds. The number of nitrogens with one attached hydrogen (secondary N) is 1. The minimum Gasteiger partial charge on any atom is -0.343 e. The van der Waals surface area contributed by atoms with E-state index in [0.29, 0.717) is 11.3 Å². The van der Waals surface area contributed by atoms with Gasteiger partial charge in [-0.2, -0.15) is 13.2 Å². The van der Waals surface area contributed by atoms with E-state index < -0.39 is 36.1 Å². The summed E-state index contributed by atoms with van der Waals surface area (Å²) in [4.78, 5) is 23.9. The molecule has 0 spiro atoms. The Hall–Kier alpha value is -1.27. The highest BCUT2D eigenvalue weighted by Gasteiger charge is 2.69. The van der Waals surface area contributed by atoms with E-state index in [9.17, 15) is 22.8 Å². The predicted molar refractivity (Wildman–Crippen MR) is 52.0 cm³/mol. The molecule has 4 nitrogen and oxygen atoms in total. The molecule has 0 bridgehead atoms. The van der Waals surface area contributed by atoms with Gasteiger partial charge in [-0.15, -0.1) is 0 Å². The number of piperazine rings is 1. The predicted octanol–water partition coefficient (Wildman–Crippen LogP) is 0.818. The summed E-state index contributed by atoms with van der Waals surface area (Å²) >= 11 is 0. The molecular weight excluding hydrogens is 237 g/mol. The second-order valence-electron chi connectivity index (χ2n) is 4.48. The lowest BCUT2D eigenvalue weighted by Crippen LogP contribution is -2.64. The number of halogens is 3. The van der Waals surface area contributed by atoms with Gasteiger partial charge in [0.1, 0.15) is 18.1 Å². The molecule has 2 aliphatic rings. The fraction of sp³-hybridized carbons (Fsp3) is 0.800. The van der Waals surface area contributed by atoms with E-state index in [-0.39, 0.29) is 12.8 Å². The summed E-state index contributed by atoms with van der Waals surface area (Å²) in [5.74, 6) is -1.14. The zero-order chi connectivity index (χ0) is 12.8. The zero-order valence-electron chi connectivity index (χ0n) is 9.30. The van der Waals surface area contributed by atoms with Crippen molar-refractivity contribution >= 4 is 11.8 Å². The Balaban J connectivity index is 2.26. The van der Waals surface area contributed by atoms with Gasteiger partial charge in [-0.05, 0) is 19.3 Å². The molecule has 0 aromatic carbocycles. The van der Waals surface area contributed by atoms with E-state index in [2.05, 4.69) is 5.32 Å². The Kier molecular flexibility index (Phi) is 2.59.